The van der Waals surface area contributed by atoms with E-state index in [2.05, 4.69) is 24.0 Å². The fourth-order valence-corrected chi connectivity index (χ4v) is 4.86. The predicted molar refractivity (Wildman–Crippen MR) is 77.8 cm³/mol. The van der Waals surface area contributed by atoms with Crippen molar-refractivity contribution in [1.82, 2.24) is 15.1 Å². The van der Waals surface area contributed by atoms with Crippen LogP contribution in [0, 0.1) is 11.8 Å². The van der Waals surface area contributed by atoms with E-state index in [1.807, 2.05) is 4.90 Å². The van der Waals surface area contributed by atoms with Crippen LogP contribution in [0.1, 0.15) is 49.9 Å². The Morgan fingerprint density at radius 1 is 1.43 bits per heavy atom. The molecule has 2 aliphatic carbocycles. The summed E-state index contributed by atoms with van der Waals surface area (Å²) in [5, 5.41) is 6.63. The van der Waals surface area contributed by atoms with Crippen molar-refractivity contribution < 1.29 is 9.53 Å². The number of morpholine rings is 1. The fourth-order valence-electron chi connectivity index (χ4n) is 4.86. The fraction of sp³-hybridized carbons (Fsp3) is 0.750. The number of carbonyl (C=O) groups excluding carboxylic acids is 1. The number of hydrogen-bond donors (Lipinski definition) is 1. The molecule has 4 rings (SSSR count). The molecule has 2 bridgehead atoms. The van der Waals surface area contributed by atoms with E-state index in [-0.39, 0.29) is 17.1 Å². The highest BCUT2D eigenvalue weighted by molar-refractivity contribution is 5.93. The van der Waals surface area contributed by atoms with E-state index in [1.54, 1.807) is 12.4 Å². The van der Waals surface area contributed by atoms with E-state index in [1.165, 1.54) is 19.3 Å². The predicted octanol–water partition coefficient (Wildman–Crippen LogP) is 2.22. The van der Waals surface area contributed by atoms with Gasteiger partial charge in [0.15, 0.2) is 0 Å². The quantitative estimate of drug-likeness (QED) is 0.862. The average Bonchev–Trinajstić information content (AvgIpc) is 3.11. The number of carbonyl (C=O) groups is 1. The number of aromatic amines is 1. The van der Waals surface area contributed by atoms with Crippen molar-refractivity contribution in [2.45, 2.75) is 50.7 Å². The van der Waals surface area contributed by atoms with E-state index < -0.39 is 0 Å². The molecule has 2 heterocycles. The van der Waals surface area contributed by atoms with E-state index in [0.29, 0.717) is 18.0 Å². The number of fused-ring (bicyclic) bond motifs is 3. The van der Waals surface area contributed by atoms with Crippen LogP contribution in [0.15, 0.2) is 12.4 Å². The van der Waals surface area contributed by atoms with Crippen LogP contribution in [0.5, 0.6) is 0 Å². The van der Waals surface area contributed by atoms with Crippen molar-refractivity contribution in [2.75, 3.05) is 13.1 Å². The maximum atomic E-state index is 12.7. The lowest BCUT2D eigenvalue weighted by atomic mass is 9.81. The van der Waals surface area contributed by atoms with Gasteiger partial charge in [-0.1, -0.05) is 0 Å². The van der Waals surface area contributed by atoms with Crippen molar-refractivity contribution in [1.29, 1.82) is 0 Å². The number of nitrogens with zero attached hydrogens (tertiary/aromatic N) is 2. The van der Waals surface area contributed by atoms with Crippen molar-refractivity contribution in [3.63, 3.8) is 0 Å². The van der Waals surface area contributed by atoms with Crippen LogP contribution < -0.4 is 0 Å². The molecule has 1 amide bonds. The molecule has 114 valence electrons. The standard InChI is InChI=1S/C16H23N3O2/c1-15(2)9-19(14(20)12-7-17-18-8-12)10-16(21-15)6-11-3-4-13(16)5-11/h7-8,11,13H,3-6,9-10H2,1-2H3,(H,17,18)/t11-,13+,16+/m1/s1. The largest absolute Gasteiger partial charge is 0.365 e. The van der Waals surface area contributed by atoms with Gasteiger partial charge in [0, 0.05) is 12.7 Å². The zero-order valence-corrected chi connectivity index (χ0v) is 12.8. The lowest BCUT2D eigenvalue weighted by Gasteiger charge is -2.52. The molecule has 5 nitrogen and oxygen atoms in total. The molecule has 3 atom stereocenters. The number of aromatic nitrogens is 2. The molecular weight excluding hydrogens is 266 g/mol. The summed E-state index contributed by atoms with van der Waals surface area (Å²) in [6.07, 6.45) is 8.29. The Labute approximate surface area is 125 Å². The van der Waals surface area contributed by atoms with Gasteiger partial charge < -0.3 is 9.64 Å². The van der Waals surface area contributed by atoms with Gasteiger partial charge in [-0.25, -0.2) is 0 Å². The first-order valence-corrected chi connectivity index (χ1v) is 7.96. The SMILES string of the molecule is CC1(C)CN(C(=O)c2cn[nH]c2)C[C@]2(C[C@@H]3CC[C@H]2C3)O1. The molecule has 3 fully saturated rings. The van der Waals surface area contributed by atoms with E-state index in [9.17, 15) is 4.79 Å². The summed E-state index contributed by atoms with van der Waals surface area (Å²) in [6, 6.07) is 0. The third-order valence-corrected chi connectivity index (χ3v) is 5.46. The number of H-pyrrole nitrogens is 1. The second-order valence-electron chi connectivity index (χ2n) is 7.65. The molecule has 0 radical (unpaired) electrons. The monoisotopic (exact) mass is 289 g/mol. The summed E-state index contributed by atoms with van der Waals surface area (Å²) in [6.45, 7) is 5.60. The Morgan fingerprint density at radius 2 is 2.29 bits per heavy atom. The zero-order valence-electron chi connectivity index (χ0n) is 12.8. The molecule has 0 unspecified atom stereocenters. The van der Waals surface area contributed by atoms with Crippen molar-refractivity contribution in [3.05, 3.63) is 18.0 Å². The molecule has 1 saturated heterocycles. The van der Waals surface area contributed by atoms with Crippen LogP contribution in [-0.2, 0) is 4.74 Å². The number of rotatable bonds is 1. The molecule has 1 aromatic heterocycles. The topological polar surface area (TPSA) is 58.2 Å². The Morgan fingerprint density at radius 3 is 2.90 bits per heavy atom. The highest BCUT2D eigenvalue weighted by Gasteiger charge is 2.57. The van der Waals surface area contributed by atoms with E-state index in [4.69, 9.17) is 4.74 Å². The Kier molecular flexibility index (Phi) is 2.74. The van der Waals surface area contributed by atoms with Gasteiger partial charge in [-0.3, -0.25) is 9.89 Å². The number of amides is 1. The van der Waals surface area contributed by atoms with Crippen LogP contribution in [0.4, 0.5) is 0 Å². The van der Waals surface area contributed by atoms with Gasteiger partial charge in [0.2, 0.25) is 0 Å². The molecule has 1 N–H and O–H groups in total. The van der Waals surface area contributed by atoms with E-state index in [0.717, 1.165) is 18.9 Å². The second-order valence-corrected chi connectivity index (χ2v) is 7.65. The van der Waals surface area contributed by atoms with Crippen LogP contribution in [-0.4, -0.2) is 45.3 Å². The Hall–Kier alpha value is -1.36. The smallest absolute Gasteiger partial charge is 0.257 e. The van der Waals surface area contributed by atoms with Crippen LogP contribution >= 0.6 is 0 Å². The summed E-state index contributed by atoms with van der Waals surface area (Å²) in [5.74, 6) is 1.50. The molecule has 2 saturated carbocycles. The van der Waals surface area contributed by atoms with Crippen LogP contribution in [0.25, 0.3) is 0 Å². The summed E-state index contributed by atoms with van der Waals surface area (Å²) >= 11 is 0. The molecule has 1 aromatic rings. The molecule has 5 heteroatoms. The maximum Gasteiger partial charge on any atom is 0.257 e. The average molecular weight is 289 g/mol. The van der Waals surface area contributed by atoms with Gasteiger partial charge in [0.25, 0.3) is 5.91 Å². The minimum atomic E-state index is -0.276. The maximum absolute atomic E-state index is 12.7. The summed E-state index contributed by atoms with van der Waals surface area (Å²) < 4.78 is 6.54. The summed E-state index contributed by atoms with van der Waals surface area (Å²) in [7, 11) is 0. The number of nitrogens with one attached hydrogen (secondary N) is 1. The number of ether oxygens (including phenoxy) is 1. The van der Waals surface area contributed by atoms with Gasteiger partial charge in [-0.2, -0.15) is 5.10 Å². The minimum absolute atomic E-state index is 0.0715. The van der Waals surface area contributed by atoms with Gasteiger partial charge in [0.1, 0.15) is 0 Å². The normalized spacial score (nSPS) is 37.3. The van der Waals surface area contributed by atoms with Crippen LogP contribution in [0.3, 0.4) is 0 Å². The first kappa shape index (κ1) is 13.3. The van der Waals surface area contributed by atoms with Gasteiger partial charge in [0.05, 0.1) is 29.5 Å². The van der Waals surface area contributed by atoms with Crippen LogP contribution in [0.2, 0.25) is 0 Å². The molecular formula is C16H23N3O2. The zero-order chi connectivity index (χ0) is 14.7. The van der Waals surface area contributed by atoms with Gasteiger partial charge in [-0.15, -0.1) is 0 Å². The minimum Gasteiger partial charge on any atom is -0.365 e. The molecule has 21 heavy (non-hydrogen) atoms. The Balaban J connectivity index is 1.62. The van der Waals surface area contributed by atoms with Crippen molar-refractivity contribution in [3.8, 4) is 0 Å². The first-order valence-electron chi connectivity index (χ1n) is 7.96. The lowest BCUT2D eigenvalue weighted by Crippen LogP contribution is -2.62. The second kappa shape index (κ2) is 4.32. The third-order valence-electron chi connectivity index (χ3n) is 5.46. The molecule has 3 aliphatic rings. The van der Waals surface area contributed by atoms with Crippen molar-refractivity contribution in [2.24, 2.45) is 11.8 Å². The third kappa shape index (κ3) is 2.09. The van der Waals surface area contributed by atoms with Crippen molar-refractivity contribution >= 4 is 5.91 Å². The van der Waals surface area contributed by atoms with E-state index >= 15 is 0 Å². The summed E-state index contributed by atoms with van der Waals surface area (Å²) in [4.78, 5) is 14.7. The lowest BCUT2D eigenvalue weighted by molar-refractivity contribution is -0.208. The molecule has 1 spiro atoms. The summed E-state index contributed by atoms with van der Waals surface area (Å²) in [5.41, 5.74) is 0.262. The first-order chi connectivity index (χ1) is 9.97. The highest BCUT2D eigenvalue weighted by Crippen LogP contribution is 2.55. The number of hydrogen-bond acceptors (Lipinski definition) is 3. The Bertz CT molecular complexity index is 554. The molecule has 0 aromatic carbocycles. The van der Waals surface area contributed by atoms with Gasteiger partial charge in [-0.05, 0) is 51.4 Å². The molecule has 1 aliphatic heterocycles. The highest BCUT2D eigenvalue weighted by atomic mass is 16.5. The van der Waals surface area contributed by atoms with Gasteiger partial charge >= 0.3 is 0 Å².